The molecule has 0 aromatic heterocycles. The van der Waals surface area contributed by atoms with E-state index in [1.54, 1.807) is 18.9 Å². The summed E-state index contributed by atoms with van der Waals surface area (Å²) in [4.78, 5) is 13.2. The highest BCUT2D eigenvalue weighted by Crippen LogP contribution is 2.21. The predicted octanol–water partition coefficient (Wildman–Crippen LogP) is 4.69. The molecule has 0 aliphatic rings. The van der Waals surface area contributed by atoms with Gasteiger partial charge in [-0.1, -0.05) is 18.2 Å². The zero-order chi connectivity index (χ0) is 16.7. The van der Waals surface area contributed by atoms with E-state index >= 15 is 0 Å². The van der Waals surface area contributed by atoms with Gasteiger partial charge in [0.05, 0.1) is 7.11 Å². The van der Waals surface area contributed by atoms with Crippen molar-refractivity contribution in [1.82, 2.24) is 0 Å². The SMILES string of the molecule is COc1ccc(CCCC(=O)Nc2cccc(SC)c2)cc1C. The van der Waals surface area contributed by atoms with Gasteiger partial charge in [0.2, 0.25) is 5.91 Å². The average molecular weight is 329 g/mol. The van der Waals surface area contributed by atoms with Gasteiger partial charge >= 0.3 is 0 Å². The molecule has 1 N–H and O–H groups in total. The van der Waals surface area contributed by atoms with Gasteiger partial charge in [0.15, 0.2) is 0 Å². The fourth-order valence-electron chi connectivity index (χ4n) is 2.47. The maximum Gasteiger partial charge on any atom is 0.224 e. The number of carbonyl (C=O) groups is 1. The fraction of sp³-hybridized carbons (Fsp3) is 0.316. The maximum atomic E-state index is 12.0. The lowest BCUT2D eigenvalue weighted by Gasteiger charge is -2.08. The number of rotatable bonds is 7. The van der Waals surface area contributed by atoms with Crippen LogP contribution >= 0.6 is 11.8 Å². The molecule has 4 heteroatoms. The van der Waals surface area contributed by atoms with Crippen LogP contribution in [0.5, 0.6) is 5.75 Å². The van der Waals surface area contributed by atoms with Crippen LogP contribution in [0.1, 0.15) is 24.0 Å². The van der Waals surface area contributed by atoms with Crippen LogP contribution in [0.4, 0.5) is 5.69 Å². The molecule has 0 aliphatic heterocycles. The second kappa shape index (κ2) is 8.63. The van der Waals surface area contributed by atoms with E-state index in [9.17, 15) is 4.79 Å². The van der Waals surface area contributed by atoms with Crippen LogP contribution < -0.4 is 10.1 Å². The van der Waals surface area contributed by atoms with Gasteiger partial charge in [0, 0.05) is 17.0 Å². The third-order valence-electron chi connectivity index (χ3n) is 3.68. The summed E-state index contributed by atoms with van der Waals surface area (Å²) in [5.74, 6) is 0.966. The van der Waals surface area contributed by atoms with Crippen molar-refractivity contribution in [3.8, 4) is 5.75 Å². The number of hydrogen-bond acceptors (Lipinski definition) is 3. The number of hydrogen-bond donors (Lipinski definition) is 1. The molecule has 0 atom stereocenters. The molecule has 0 fully saturated rings. The third-order valence-corrected chi connectivity index (χ3v) is 4.41. The largest absolute Gasteiger partial charge is 0.496 e. The molecule has 2 aromatic rings. The average Bonchev–Trinajstić information content (AvgIpc) is 2.55. The number of amides is 1. The fourth-order valence-corrected chi connectivity index (χ4v) is 2.93. The van der Waals surface area contributed by atoms with E-state index in [-0.39, 0.29) is 5.91 Å². The van der Waals surface area contributed by atoms with E-state index in [4.69, 9.17) is 4.74 Å². The molecule has 0 saturated heterocycles. The zero-order valence-corrected chi connectivity index (χ0v) is 14.7. The summed E-state index contributed by atoms with van der Waals surface area (Å²) in [5, 5.41) is 2.96. The van der Waals surface area contributed by atoms with Gasteiger partial charge in [-0.3, -0.25) is 4.79 Å². The van der Waals surface area contributed by atoms with Crippen molar-refractivity contribution in [2.75, 3.05) is 18.7 Å². The summed E-state index contributed by atoms with van der Waals surface area (Å²) >= 11 is 1.67. The smallest absolute Gasteiger partial charge is 0.224 e. The molecule has 0 heterocycles. The summed E-state index contributed by atoms with van der Waals surface area (Å²) < 4.78 is 5.26. The van der Waals surface area contributed by atoms with Gasteiger partial charge in [0.1, 0.15) is 5.75 Å². The van der Waals surface area contributed by atoms with Gasteiger partial charge in [-0.05, 0) is 61.4 Å². The summed E-state index contributed by atoms with van der Waals surface area (Å²) in [5.41, 5.74) is 3.23. The molecule has 0 saturated carbocycles. The van der Waals surface area contributed by atoms with Crippen LogP contribution in [0.15, 0.2) is 47.4 Å². The Hall–Kier alpha value is -1.94. The van der Waals surface area contributed by atoms with E-state index in [1.807, 2.05) is 43.5 Å². The Balaban J connectivity index is 1.81. The number of aryl methyl sites for hydroxylation is 2. The number of benzene rings is 2. The molecule has 2 aromatic carbocycles. The van der Waals surface area contributed by atoms with E-state index in [0.29, 0.717) is 6.42 Å². The number of nitrogens with one attached hydrogen (secondary N) is 1. The first-order valence-corrected chi connectivity index (χ1v) is 8.92. The van der Waals surface area contributed by atoms with Crippen LogP contribution in [0, 0.1) is 6.92 Å². The highest BCUT2D eigenvalue weighted by Gasteiger charge is 2.05. The molecule has 0 radical (unpaired) electrons. The first-order valence-electron chi connectivity index (χ1n) is 7.70. The van der Waals surface area contributed by atoms with Crippen molar-refractivity contribution in [2.45, 2.75) is 31.1 Å². The van der Waals surface area contributed by atoms with Crippen LogP contribution in [-0.4, -0.2) is 19.3 Å². The van der Waals surface area contributed by atoms with Gasteiger partial charge in [-0.15, -0.1) is 11.8 Å². The topological polar surface area (TPSA) is 38.3 Å². The summed E-state index contributed by atoms with van der Waals surface area (Å²) in [6.45, 7) is 2.04. The first-order chi connectivity index (χ1) is 11.1. The molecule has 2 rings (SSSR count). The maximum absolute atomic E-state index is 12.0. The molecular formula is C19H23NO2S. The van der Waals surface area contributed by atoms with Gasteiger partial charge in [0.25, 0.3) is 0 Å². The second-order valence-electron chi connectivity index (χ2n) is 5.44. The molecule has 0 spiro atoms. The van der Waals surface area contributed by atoms with E-state index in [2.05, 4.69) is 17.4 Å². The van der Waals surface area contributed by atoms with Crippen molar-refractivity contribution in [3.63, 3.8) is 0 Å². The number of thioether (sulfide) groups is 1. The lowest BCUT2D eigenvalue weighted by Crippen LogP contribution is -2.11. The minimum Gasteiger partial charge on any atom is -0.496 e. The highest BCUT2D eigenvalue weighted by molar-refractivity contribution is 7.98. The van der Waals surface area contributed by atoms with E-state index in [0.717, 1.165) is 34.7 Å². The van der Waals surface area contributed by atoms with Crippen molar-refractivity contribution >= 4 is 23.4 Å². The van der Waals surface area contributed by atoms with Crippen molar-refractivity contribution in [1.29, 1.82) is 0 Å². The molecular weight excluding hydrogens is 306 g/mol. The quantitative estimate of drug-likeness (QED) is 0.749. The molecule has 23 heavy (non-hydrogen) atoms. The Labute approximate surface area is 142 Å². The van der Waals surface area contributed by atoms with E-state index < -0.39 is 0 Å². The summed E-state index contributed by atoms with van der Waals surface area (Å²) in [6, 6.07) is 14.1. The van der Waals surface area contributed by atoms with E-state index in [1.165, 1.54) is 5.56 Å². The van der Waals surface area contributed by atoms with Crippen LogP contribution in [0.2, 0.25) is 0 Å². The molecule has 0 aliphatic carbocycles. The lowest BCUT2D eigenvalue weighted by molar-refractivity contribution is -0.116. The third kappa shape index (κ3) is 5.32. The number of methoxy groups -OCH3 is 1. The first kappa shape index (κ1) is 17.4. The predicted molar refractivity (Wildman–Crippen MR) is 97.5 cm³/mol. The van der Waals surface area contributed by atoms with Gasteiger partial charge in [-0.2, -0.15) is 0 Å². The zero-order valence-electron chi connectivity index (χ0n) is 13.9. The van der Waals surface area contributed by atoms with Crippen LogP contribution in [-0.2, 0) is 11.2 Å². The number of carbonyl (C=O) groups excluding carboxylic acids is 1. The molecule has 1 amide bonds. The normalized spacial score (nSPS) is 10.4. The lowest BCUT2D eigenvalue weighted by atomic mass is 10.0. The standard InChI is InChI=1S/C19H23NO2S/c1-14-12-15(10-11-18(14)22-2)6-4-9-19(21)20-16-7-5-8-17(13-16)23-3/h5,7-8,10-13H,4,6,9H2,1-3H3,(H,20,21). The molecule has 0 unspecified atom stereocenters. The van der Waals surface area contributed by atoms with Crippen molar-refractivity contribution in [2.24, 2.45) is 0 Å². The summed E-state index contributed by atoms with van der Waals surface area (Å²) in [6.07, 6.45) is 4.27. The highest BCUT2D eigenvalue weighted by atomic mass is 32.2. The van der Waals surface area contributed by atoms with Gasteiger partial charge < -0.3 is 10.1 Å². The second-order valence-corrected chi connectivity index (χ2v) is 6.32. The minimum absolute atomic E-state index is 0.0634. The van der Waals surface area contributed by atoms with Crippen molar-refractivity contribution in [3.05, 3.63) is 53.6 Å². The summed E-state index contributed by atoms with van der Waals surface area (Å²) in [7, 11) is 1.68. The van der Waals surface area contributed by atoms with Gasteiger partial charge in [-0.25, -0.2) is 0 Å². The van der Waals surface area contributed by atoms with Crippen LogP contribution in [0.25, 0.3) is 0 Å². The molecule has 0 bridgehead atoms. The molecule has 3 nitrogen and oxygen atoms in total. The Morgan fingerprint density at radius 1 is 1.22 bits per heavy atom. The minimum atomic E-state index is 0.0634. The monoisotopic (exact) mass is 329 g/mol. The van der Waals surface area contributed by atoms with Crippen molar-refractivity contribution < 1.29 is 9.53 Å². The number of ether oxygens (including phenoxy) is 1. The Kier molecular flexibility index (Phi) is 6.53. The van der Waals surface area contributed by atoms with Crippen LogP contribution in [0.3, 0.4) is 0 Å². The molecule has 122 valence electrons. The Morgan fingerprint density at radius 3 is 2.74 bits per heavy atom. The Morgan fingerprint density at radius 2 is 2.04 bits per heavy atom. The number of anilines is 1. The Bertz CT molecular complexity index is 670.